The number of hydrogen-bond donors (Lipinski definition) is 0. The Labute approximate surface area is 183 Å². The van der Waals surface area contributed by atoms with Gasteiger partial charge in [-0.3, -0.25) is 14.6 Å². The van der Waals surface area contributed by atoms with E-state index in [-0.39, 0.29) is 17.8 Å². The Bertz CT molecular complexity index is 955. The summed E-state index contributed by atoms with van der Waals surface area (Å²) in [4.78, 5) is 27.3. The lowest BCUT2D eigenvalue weighted by Crippen LogP contribution is -2.39. The van der Waals surface area contributed by atoms with E-state index in [9.17, 15) is 9.18 Å². The van der Waals surface area contributed by atoms with Crippen molar-refractivity contribution < 1.29 is 9.18 Å². The van der Waals surface area contributed by atoms with Crippen molar-refractivity contribution in [2.75, 3.05) is 11.4 Å². The van der Waals surface area contributed by atoms with Gasteiger partial charge in [0.25, 0.3) is 0 Å². The highest BCUT2D eigenvalue weighted by molar-refractivity contribution is 5.95. The predicted octanol–water partition coefficient (Wildman–Crippen LogP) is 4.87. The second kappa shape index (κ2) is 8.65. The molecule has 0 radical (unpaired) electrons. The molecule has 6 heteroatoms. The van der Waals surface area contributed by atoms with Gasteiger partial charge in [-0.25, -0.2) is 14.4 Å². The normalized spacial score (nSPS) is 22.7. The minimum Gasteiger partial charge on any atom is -0.292 e. The van der Waals surface area contributed by atoms with Gasteiger partial charge in [0.2, 0.25) is 5.91 Å². The highest BCUT2D eigenvalue weighted by Crippen LogP contribution is 2.38. The topological polar surface area (TPSA) is 49.3 Å². The van der Waals surface area contributed by atoms with Crippen molar-refractivity contribution in [1.29, 1.82) is 0 Å². The summed E-state index contributed by atoms with van der Waals surface area (Å²) < 4.78 is 13.3. The molecule has 0 bridgehead atoms. The SMILES string of the molecule is Cc1nc(C2CCCN2C2CCCCC2)nc2c1CCC(=O)N2Cc1ccc(F)cc1. The maximum absolute atomic E-state index is 13.3. The van der Waals surface area contributed by atoms with Crippen molar-refractivity contribution in [2.45, 2.75) is 83.3 Å². The van der Waals surface area contributed by atoms with E-state index in [0.717, 1.165) is 41.4 Å². The lowest BCUT2D eigenvalue weighted by atomic mass is 9.93. The van der Waals surface area contributed by atoms with Crippen LogP contribution in [0.25, 0.3) is 0 Å². The molecule has 1 aliphatic carbocycles. The second-order valence-corrected chi connectivity index (χ2v) is 9.26. The Morgan fingerprint density at radius 2 is 1.77 bits per heavy atom. The van der Waals surface area contributed by atoms with Gasteiger partial charge in [0.15, 0.2) is 0 Å². The lowest BCUT2D eigenvalue weighted by molar-refractivity contribution is -0.119. The number of carbonyl (C=O) groups is 1. The molecule has 1 saturated heterocycles. The van der Waals surface area contributed by atoms with Crippen LogP contribution in [0.2, 0.25) is 0 Å². The molecule has 3 heterocycles. The third-order valence-corrected chi connectivity index (χ3v) is 7.24. The van der Waals surface area contributed by atoms with Gasteiger partial charge < -0.3 is 0 Å². The monoisotopic (exact) mass is 422 g/mol. The van der Waals surface area contributed by atoms with Crippen LogP contribution in [0.5, 0.6) is 0 Å². The third kappa shape index (κ3) is 4.10. The first kappa shape index (κ1) is 20.6. The molecule has 2 aliphatic heterocycles. The van der Waals surface area contributed by atoms with Gasteiger partial charge in [-0.15, -0.1) is 0 Å². The minimum absolute atomic E-state index is 0.0800. The first-order valence-corrected chi connectivity index (χ1v) is 11.8. The molecule has 164 valence electrons. The van der Waals surface area contributed by atoms with Gasteiger partial charge in [0.05, 0.1) is 12.6 Å². The van der Waals surface area contributed by atoms with Crippen molar-refractivity contribution in [2.24, 2.45) is 0 Å². The highest BCUT2D eigenvalue weighted by atomic mass is 19.1. The van der Waals surface area contributed by atoms with Gasteiger partial charge in [-0.05, 0) is 63.3 Å². The Morgan fingerprint density at radius 1 is 1.00 bits per heavy atom. The van der Waals surface area contributed by atoms with E-state index < -0.39 is 0 Å². The van der Waals surface area contributed by atoms with Gasteiger partial charge in [-0.2, -0.15) is 0 Å². The Balaban J connectivity index is 1.47. The van der Waals surface area contributed by atoms with Crippen LogP contribution in [0, 0.1) is 12.7 Å². The lowest BCUT2D eigenvalue weighted by Gasteiger charge is -2.36. The second-order valence-electron chi connectivity index (χ2n) is 9.26. The van der Waals surface area contributed by atoms with Crippen molar-refractivity contribution in [1.82, 2.24) is 14.9 Å². The Hall–Kier alpha value is -2.34. The summed E-state index contributed by atoms with van der Waals surface area (Å²) in [6.07, 6.45) is 9.96. The zero-order valence-corrected chi connectivity index (χ0v) is 18.3. The molecule has 2 aromatic rings. The molecule has 5 nitrogen and oxygen atoms in total. The number of fused-ring (bicyclic) bond motifs is 1. The van der Waals surface area contributed by atoms with Gasteiger partial charge in [0.1, 0.15) is 17.5 Å². The molecule has 31 heavy (non-hydrogen) atoms. The standard InChI is InChI=1S/C25H31FN4O/c1-17-21-13-14-23(31)30(16-18-9-11-19(26)12-10-18)25(21)28-24(27-17)22-8-5-15-29(22)20-6-3-2-4-7-20/h9-12,20,22H,2-8,13-16H2,1H3. The summed E-state index contributed by atoms with van der Waals surface area (Å²) >= 11 is 0. The van der Waals surface area contributed by atoms with Crippen molar-refractivity contribution in [3.05, 3.63) is 52.7 Å². The van der Waals surface area contributed by atoms with Crippen molar-refractivity contribution >= 4 is 11.7 Å². The van der Waals surface area contributed by atoms with Crippen LogP contribution in [-0.2, 0) is 17.8 Å². The van der Waals surface area contributed by atoms with Crippen LogP contribution in [0.3, 0.4) is 0 Å². The number of aromatic nitrogens is 2. The molecule has 0 spiro atoms. The number of benzene rings is 1. The summed E-state index contributed by atoms with van der Waals surface area (Å²) in [6, 6.07) is 7.26. The van der Waals surface area contributed by atoms with Gasteiger partial charge in [0, 0.05) is 23.7 Å². The van der Waals surface area contributed by atoms with Crippen LogP contribution in [0.1, 0.15) is 80.1 Å². The third-order valence-electron chi connectivity index (χ3n) is 7.24. The molecule has 0 N–H and O–H groups in total. The molecular weight excluding hydrogens is 391 g/mol. The molecule has 3 aliphatic rings. The fraction of sp³-hybridized carbons (Fsp3) is 0.560. The summed E-state index contributed by atoms with van der Waals surface area (Å²) in [5.41, 5.74) is 2.98. The van der Waals surface area contributed by atoms with Crippen LogP contribution < -0.4 is 4.90 Å². The number of hydrogen-bond acceptors (Lipinski definition) is 4. The van der Waals surface area contributed by atoms with Crippen molar-refractivity contribution in [3.63, 3.8) is 0 Å². The van der Waals surface area contributed by atoms with E-state index in [1.54, 1.807) is 17.0 Å². The average molecular weight is 423 g/mol. The number of carbonyl (C=O) groups excluding carboxylic acids is 1. The summed E-state index contributed by atoms with van der Waals surface area (Å²) in [7, 11) is 0. The van der Waals surface area contributed by atoms with E-state index >= 15 is 0 Å². The maximum atomic E-state index is 13.3. The van der Waals surface area contributed by atoms with Crippen LogP contribution in [-0.4, -0.2) is 33.4 Å². The number of nitrogens with zero attached hydrogens (tertiary/aromatic N) is 4. The summed E-state index contributed by atoms with van der Waals surface area (Å²) in [5.74, 6) is 1.45. The fourth-order valence-corrected chi connectivity index (χ4v) is 5.60. The number of likely N-dealkylation sites (tertiary alicyclic amines) is 1. The van der Waals surface area contributed by atoms with E-state index in [1.807, 2.05) is 0 Å². The quantitative estimate of drug-likeness (QED) is 0.705. The first-order chi connectivity index (χ1) is 15.1. The highest BCUT2D eigenvalue weighted by Gasteiger charge is 2.36. The first-order valence-electron chi connectivity index (χ1n) is 11.8. The molecule has 1 aromatic heterocycles. The molecule has 2 fully saturated rings. The Morgan fingerprint density at radius 3 is 2.55 bits per heavy atom. The number of rotatable bonds is 4. The number of amides is 1. The van der Waals surface area contributed by atoms with Crippen LogP contribution >= 0.6 is 0 Å². The van der Waals surface area contributed by atoms with E-state index in [0.29, 0.717) is 25.4 Å². The van der Waals surface area contributed by atoms with E-state index in [4.69, 9.17) is 9.97 Å². The molecule has 5 rings (SSSR count). The average Bonchev–Trinajstić information content (AvgIpc) is 3.28. The maximum Gasteiger partial charge on any atom is 0.228 e. The molecule has 1 unspecified atom stereocenters. The van der Waals surface area contributed by atoms with E-state index in [1.165, 1.54) is 50.7 Å². The summed E-state index contributed by atoms with van der Waals surface area (Å²) in [5, 5.41) is 0. The largest absolute Gasteiger partial charge is 0.292 e. The van der Waals surface area contributed by atoms with Crippen molar-refractivity contribution in [3.8, 4) is 0 Å². The zero-order chi connectivity index (χ0) is 21.4. The zero-order valence-electron chi connectivity index (χ0n) is 18.3. The molecule has 1 atom stereocenters. The summed E-state index contributed by atoms with van der Waals surface area (Å²) in [6.45, 7) is 3.59. The van der Waals surface area contributed by atoms with Crippen LogP contribution in [0.4, 0.5) is 10.2 Å². The molecule has 1 amide bonds. The number of aryl methyl sites for hydroxylation is 1. The van der Waals surface area contributed by atoms with Gasteiger partial charge >= 0.3 is 0 Å². The molecular formula is C25H31FN4O. The number of halogens is 1. The van der Waals surface area contributed by atoms with Crippen LogP contribution in [0.15, 0.2) is 24.3 Å². The predicted molar refractivity (Wildman–Crippen MR) is 118 cm³/mol. The minimum atomic E-state index is -0.265. The van der Waals surface area contributed by atoms with E-state index in [2.05, 4.69) is 11.8 Å². The molecule has 1 aromatic carbocycles. The molecule has 1 saturated carbocycles. The Kier molecular flexibility index (Phi) is 5.74. The smallest absolute Gasteiger partial charge is 0.228 e. The number of anilines is 1. The fourth-order valence-electron chi connectivity index (χ4n) is 5.60. The van der Waals surface area contributed by atoms with Gasteiger partial charge in [-0.1, -0.05) is 31.4 Å².